The molecule has 5 heteroatoms. The molecule has 0 atom stereocenters. The number of fused-ring (bicyclic) bond motifs is 2. The maximum atomic E-state index is 12.6. The van der Waals surface area contributed by atoms with E-state index in [0.717, 1.165) is 11.1 Å². The second-order valence-electron chi connectivity index (χ2n) is 6.58. The van der Waals surface area contributed by atoms with Gasteiger partial charge in [-0.3, -0.25) is 4.79 Å². The molecule has 25 heavy (non-hydrogen) atoms. The van der Waals surface area contributed by atoms with Gasteiger partial charge in [-0.2, -0.15) is 0 Å². The Morgan fingerprint density at radius 3 is 2.52 bits per heavy atom. The van der Waals surface area contributed by atoms with Crippen LogP contribution < -0.4 is 0 Å². The monoisotopic (exact) mass is 355 g/mol. The number of nitrogens with zero attached hydrogens (tertiary/aromatic N) is 1. The fourth-order valence-electron chi connectivity index (χ4n) is 3.75. The lowest BCUT2D eigenvalue weighted by Gasteiger charge is -2.38. The van der Waals surface area contributed by atoms with E-state index in [1.54, 1.807) is 12.1 Å². The normalized spacial score (nSPS) is 18.1. The van der Waals surface area contributed by atoms with Crippen molar-refractivity contribution in [2.45, 2.75) is 24.9 Å². The summed E-state index contributed by atoms with van der Waals surface area (Å²) in [6.45, 7) is 1.15. The van der Waals surface area contributed by atoms with Crippen molar-refractivity contribution in [1.29, 1.82) is 0 Å². The highest BCUT2D eigenvalue weighted by molar-refractivity contribution is 6.31. The van der Waals surface area contributed by atoms with Crippen LogP contribution in [-0.4, -0.2) is 29.9 Å². The number of hydrogen-bond acceptors (Lipinski definition) is 3. The molecule has 1 amide bonds. The second kappa shape index (κ2) is 6.19. The average Bonchev–Trinajstić information content (AvgIpc) is 2.90. The van der Waals surface area contributed by atoms with E-state index in [2.05, 4.69) is 0 Å². The van der Waals surface area contributed by atoms with E-state index in [1.807, 2.05) is 41.3 Å². The van der Waals surface area contributed by atoms with Crippen molar-refractivity contribution in [3.63, 3.8) is 0 Å². The number of ether oxygens (including phenoxy) is 1. The Morgan fingerprint density at radius 2 is 1.76 bits per heavy atom. The predicted octanol–water partition coefficient (Wildman–Crippen LogP) is 3.57. The van der Waals surface area contributed by atoms with E-state index in [-0.39, 0.29) is 11.9 Å². The quantitative estimate of drug-likeness (QED) is 0.774. The van der Waals surface area contributed by atoms with Crippen LogP contribution in [0.5, 0.6) is 0 Å². The molecule has 1 fully saturated rings. The summed E-state index contributed by atoms with van der Waals surface area (Å²) in [5.41, 5.74) is 1.87. The largest absolute Gasteiger partial charge is 0.450 e. The summed E-state index contributed by atoms with van der Waals surface area (Å²) in [5, 5.41) is 0.614. The molecule has 128 valence electrons. The van der Waals surface area contributed by atoms with E-state index in [0.29, 0.717) is 42.9 Å². The lowest BCUT2D eigenvalue weighted by molar-refractivity contribution is -0.134. The minimum Gasteiger partial charge on any atom is -0.450 e. The predicted molar refractivity (Wildman–Crippen MR) is 94.5 cm³/mol. The Balaban J connectivity index is 1.46. The van der Waals surface area contributed by atoms with Crippen LogP contribution in [0.1, 0.15) is 34.3 Å². The first-order valence-electron chi connectivity index (χ1n) is 8.43. The smallest absolute Gasteiger partial charge is 0.339 e. The molecular weight excluding hydrogens is 338 g/mol. The average molecular weight is 356 g/mol. The molecule has 2 heterocycles. The molecule has 0 radical (unpaired) electrons. The zero-order valence-electron chi connectivity index (χ0n) is 13.7. The van der Waals surface area contributed by atoms with Gasteiger partial charge in [0, 0.05) is 36.5 Å². The third-order valence-corrected chi connectivity index (χ3v) is 5.52. The molecule has 1 spiro atoms. The van der Waals surface area contributed by atoms with Gasteiger partial charge in [-0.15, -0.1) is 0 Å². The van der Waals surface area contributed by atoms with Crippen molar-refractivity contribution >= 4 is 23.5 Å². The van der Waals surface area contributed by atoms with E-state index < -0.39 is 5.60 Å². The molecular formula is C20H18ClNO3. The number of carbonyl (C=O) groups excluding carboxylic acids is 2. The summed E-state index contributed by atoms with van der Waals surface area (Å²) < 4.78 is 5.73. The van der Waals surface area contributed by atoms with Gasteiger partial charge in [0.25, 0.3) is 0 Å². The van der Waals surface area contributed by atoms with Crippen molar-refractivity contribution in [2.24, 2.45) is 0 Å². The highest BCUT2D eigenvalue weighted by Gasteiger charge is 2.47. The Kier molecular flexibility index (Phi) is 4.00. The van der Waals surface area contributed by atoms with Gasteiger partial charge in [-0.1, -0.05) is 48.0 Å². The molecule has 2 aliphatic heterocycles. The van der Waals surface area contributed by atoms with Crippen LogP contribution in [-0.2, 0) is 21.6 Å². The molecule has 0 N–H and O–H groups in total. The first-order chi connectivity index (χ1) is 12.1. The fourth-order valence-corrected chi connectivity index (χ4v) is 3.95. The van der Waals surface area contributed by atoms with E-state index in [1.165, 1.54) is 0 Å². The molecule has 0 aromatic heterocycles. The lowest BCUT2D eigenvalue weighted by atomic mass is 9.83. The van der Waals surface area contributed by atoms with E-state index >= 15 is 0 Å². The van der Waals surface area contributed by atoms with Crippen LogP contribution in [0.2, 0.25) is 5.02 Å². The summed E-state index contributed by atoms with van der Waals surface area (Å²) in [6.07, 6.45) is 1.55. The van der Waals surface area contributed by atoms with Gasteiger partial charge < -0.3 is 9.64 Å². The van der Waals surface area contributed by atoms with Crippen LogP contribution in [0.25, 0.3) is 0 Å². The Labute approximate surface area is 151 Å². The molecule has 2 aromatic carbocycles. The van der Waals surface area contributed by atoms with Crippen LogP contribution in [0.15, 0.2) is 48.5 Å². The highest BCUT2D eigenvalue weighted by atomic mass is 35.5. The zero-order valence-corrected chi connectivity index (χ0v) is 14.5. The van der Waals surface area contributed by atoms with E-state index in [9.17, 15) is 9.59 Å². The number of rotatable bonds is 2. The Hall–Kier alpha value is -2.33. The van der Waals surface area contributed by atoms with Gasteiger partial charge in [-0.25, -0.2) is 4.79 Å². The number of halogens is 1. The molecule has 4 rings (SSSR count). The molecule has 0 aliphatic carbocycles. The van der Waals surface area contributed by atoms with Crippen LogP contribution >= 0.6 is 11.6 Å². The molecule has 1 saturated heterocycles. The third kappa shape index (κ3) is 2.81. The number of carbonyl (C=O) groups is 2. The molecule has 2 aromatic rings. The number of esters is 1. The maximum absolute atomic E-state index is 12.6. The summed E-state index contributed by atoms with van der Waals surface area (Å²) >= 11 is 6.15. The second-order valence-corrected chi connectivity index (χ2v) is 6.99. The van der Waals surface area contributed by atoms with Crippen molar-refractivity contribution < 1.29 is 14.3 Å². The van der Waals surface area contributed by atoms with Gasteiger partial charge in [-0.05, 0) is 17.7 Å². The van der Waals surface area contributed by atoms with Gasteiger partial charge in [0.2, 0.25) is 5.91 Å². The van der Waals surface area contributed by atoms with Crippen molar-refractivity contribution in [3.05, 3.63) is 70.2 Å². The Bertz CT molecular complexity index is 840. The number of hydrogen-bond donors (Lipinski definition) is 0. The summed E-state index contributed by atoms with van der Waals surface area (Å²) in [4.78, 5) is 26.5. The first-order valence-corrected chi connectivity index (χ1v) is 8.81. The first kappa shape index (κ1) is 16.2. The number of likely N-dealkylation sites (tertiary alicyclic amines) is 1. The van der Waals surface area contributed by atoms with Crippen molar-refractivity contribution in [1.82, 2.24) is 4.90 Å². The third-order valence-electron chi connectivity index (χ3n) is 5.15. The summed E-state index contributed by atoms with van der Waals surface area (Å²) in [7, 11) is 0. The highest BCUT2D eigenvalue weighted by Crippen LogP contribution is 2.44. The molecule has 4 nitrogen and oxygen atoms in total. The lowest BCUT2D eigenvalue weighted by Crippen LogP contribution is -2.45. The number of piperidine rings is 1. The molecule has 0 saturated carbocycles. The SMILES string of the molecule is O=C1OC2(CCN(C(=O)Cc3ccccc3Cl)CC2)c2ccccc21. The van der Waals surface area contributed by atoms with E-state index in [4.69, 9.17) is 16.3 Å². The topological polar surface area (TPSA) is 46.6 Å². The molecule has 0 unspecified atom stereocenters. The van der Waals surface area contributed by atoms with Crippen molar-refractivity contribution in [3.8, 4) is 0 Å². The summed E-state index contributed by atoms with van der Waals surface area (Å²) in [6, 6.07) is 15.0. The van der Waals surface area contributed by atoms with Crippen molar-refractivity contribution in [2.75, 3.05) is 13.1 Å². The van der Waals surface area contributed by atoms with Gasteiger partial charge in [0.1, 0.15) is 5.60 Å². The summed E-state index contributed by atoms with van der Waals surface area (Å²) in [5.74, 6) is -0.202. The number of benzene rings is 2. The Morgan fingerprint density at radius 1 is 1.08 bits per heavy atom. The van der Waals surface area contributed by atoms with Gasteiger partial charge in [0.05, 0.1) is 12.0 Å². The van der Waals surface area contributed by atoms with Gasteiger partial charge in [0.15, 0.2) is 0 Å². The minimum absolute atomic E-state index is 0.0561. The van der Waals surface area contributed by atoms with Crippen LogP contribution in [0.3, 0.4) is 0 Å². The molecule has 2 aliphatic rings. The number of amides is 1. The molecule has 0 bridgehead atoms. The zero-order chi connectivity index (χ0) is 17.4. The van der Waals surface area contributed by atoms with Gasteiger partial charge >= 0.3 is 5.97 Å². The maximum Gasteiger partial charge on any atom is 0.339 e. The van der Waals surface area contributed by atoms with Crippen LogP contribution in [0.4, 0.5) is 0 Å². The van der Waals surface area contributed by atoms with Crippen LogP contribution in [0, 0.1) is 0 Å². The standard InChI is InChI=1S/C20H18ClNO3/c21-17-8-4-1-5-14(17)13-18(23)22-11-9-20(10-12-22)16-7-3-2-6-15(16)19(24)25-20/h1-8H,9-13H2. The minimum atomic E-state index is -0.575. The fraction of sp³-hybridized carbons (Fsp3) is 0.300.